The van der Waals surface area contributed by atoms with E-state index in [4.69, 9.17) is 12.3 Å². The van der Waals surface area contributed by atoms with E-state index in [1.165, 1.54) is 17.3 Å². The number of thioether (sulfide) groups is 1. The van der Waals surface area contributed by atoms with Gasteiger partial charge in [0.15, 0.2) is 0 Å². The van der Waals surface area contributed by atoms with E-state index in [1.807, 2.05) is 50.5 Å². The van der Waals surface area contributed by atoms with Gasteiger partial charge in [0.25, 0.3) is 5.22 Å². The lowest BCUT2D eigenvalue weighted by Gasteiger charge is -2.09. The Kier molecular flexibility index (Phi) is 4.89. The van der Waals surface area contributed by atoms with Crippen LogP contribution in [-0.2, 0) is 12.3 Å². The average molecular weight is 375 g/mol. The van der Waals surface area contributed by atoms with E-state index in [1.54, 1.807) is 4.68 Å². The molecule has 2 radical (unpaired) electrons. The van der Waals surface area contributed by atoms with Crippen molar-refractivity contribution >= 4 is 25.1 Å². The van der Waals surface area contributed by atoms with E-state index in [-0.39, 0.29) is 0 Å². The van der Waals surface area contributed by atoms with Gasteiger partial charge in [-0.25, -0.2) is 0 Å². The molecule has 27 heavy (non-hydrogen) atoms. The fourth-order valence-electron chi connectivity index (χ4n) is 2.87. The first-order valence-electron chi connectivity index (χ1n) is 8.57. The molecule has 1 aromatic carbocycles. The summed E-state index contributed by atoms with van der Waals surface area (Å²) in [4.78, 5) is 0. The number of hydrogen-bond acceptors (Lipinski definition) is 5. The zero-order valence-electron chi connectivity index (χ0n) is 15.2. The zero-order chi connectivity index (χ0) is 18.8. The standard InChI is InChI=1S/C19H18BN5OS/c1-13-18(20)14(2)25(23-13)11-17-21-22-19(26-17)27-12-15-7-3-4-8-16(15)24-9-5-6-10-24/h3-10H,11-12H2,1-2H3. The van der Waals surface area contributed by atoms with Gasteiger partial charge in [-0.05, 0) is 37.6 Å². The molecule has 0 saturated carbocycles. The van der Waals surface area contributed by atoms with E-state index >= 15 is 0 Å². The number of aromatic nitrogens is 5. The first kappa shape index (κ1) is 17.7. The van der Waals surface area contributed by atoms with E-state index in [2.05, 4.69) is 32.0 Å². The molecule has 0 amide bonds. The van der Waals surface area contributed by atoms with Crippen LogP contribution in [0.2, 0.25) is 0 Å². The van der Waals surface area contributed by atoms with E-state index < -0.39 is 0 Å². The highest BCUT2D eigenvalue weighted by atomic mass is 32.2. The Morgan fingerprint density at radius 3 is 2.59 bits per heavy atom. The molecule has 0 bridgehead atoms. The highest BCUT2D eigenvalue weighted by Crippen LogP contribution is 2.25. The van der Waals surface area contributed by atoms with Crippen molar-refractivity contribution in [2.24, 2.45) is 0 Å². The lowest BCUT2D eigenvalue weighted by atomic mass is 9.94. The molecule has 0 N–H and O–H groups in total. The predicted molar refractivity (Wildman–Crippen MR) is 106 cm³/mol. The molecule has 3 aromatic heterocycles. The van der Waals surface area contributed by atoms with Gasteiger partial charge in [-0.15, -0.1) is 10.2 Å². The highest BCUT2D eigenvalue weighted by molar-refractivity contribution is 7.98. The molecule has 0 unspecified atom stereocenters. The maximum absolute atomic E-state index is 5.97. The predicted octanol–water partition coefficient (Wildman–Crippen LogP) is 2.81. The summed E-state index contributed by atoms with van der Waals surface area (Å²) in [7, 11) is 5.97. The molecule has 4 aromatic rings. The molecule has 0 aliphatic heterocycles. The van der Waals surface area contributed by atoms with Gasteiger partial charge in [0, 0.05) is 29.5 Å². The van der Waals surface area contributed by atoms with Crippen LogP contribution < -0.4 is 5.46 Å². The van der Waals surface area contributed by atoms with Crippen molar-refractivity contribution in [3.8, 4) is 5.69 Å². The minimum absolute atomic E-state index is 0.414. The summed E-state index contributed by atoms with van der Waals surface area (Å²) in [5.74, 6) is 1.25. The summed E-state index contributed by atoms with van der Waals surface area (Å²) in [6.45, 7) is 4.23. The van der Waals surface area contributed by atoms with Crippen LogP contribution in [-0.4, -0.2) is 32.4 Å². The molecule has 0 saturated heterocycles. The lowest BCUT2D eigenvalue weighted by molar-refractivity contribution is 0.396. The van der Waals surface area contributed by atoms with Gasteiger partial charge in [-0.3, -0.25) is 4.68 Å². The van der Waals surface area contributed by atoms with E-state index in [0.29, 0.717) is 23.1 Å². The number of nitrogens with zero attached hydrogens (tertiary/aromatic N) is 5. The van der Waals surface area contributed by atoms with E-state index in [0.717, 1.165) is 22.8 Å². The first-order chi connectivity index (χ1) is 13.1. The summed E-state index contributed by atoms with van der Waals surface area (Å²) in [6, 6.07) is 12.3. The van der Waals surface area contributed by atoms with Crippen molar-refractivity contribution in [3.05, 3.63) is 71.6 Å². The third-order valence-corrected chi connectivity index (χ3v) is 5.26. The monoisotopic (exact) mass is 375 g/mol. The summed E-state index contributed by atoms with van der Waals surface area (Å²) in [5.41, 5.74) is 4.76. The SMILES string of the molecule is [B]c1c(C)nn(Cc2nnc(SCc3ccccc3-n3cccc3)o2)c1C. The number of benzene rings is 1. The van der Waals surface area contributed by atoms with Crippen molar-refractivity contribution < 1.29 is 4.42 Å². The van der Waals surface area contributed by atoms with Crippen molar-refractivity contribution in [2.45, 2.75) is 31.4 Å². The normalized spacial score (nSPS) is 11.2. The van der Waals surface area contributed by atoms with Crippen molar-refractivity contribution in [3.63, 3.8) is 0 Å². The van der Waals surface area contributed by atoms with Crippen LogP contribution in [0.4, 0.5) is 0 Å². The fraction of sp³-hybridized carbons (Fsp3) is 0.211. The minimum Gasteiger partial charge on any atom is -0.414 e. The van der Waals surface area contributed by atoms with E-state index in [9.17, 15) is 0 Å². The number of rotatable bonds is 6. The molecule has 6 nitrogen and oxygen atoms in total. The van der Waals surface area contributed by atoms with Gasteiger partial charge < -0.3 is 8.98 Å². The van der Waals surface area contributed by atoms with Crippen LogP contribution in [0.3, 0.4) is 0 Å². The van der Waals surface area contributed by atoms with Gasteiger partial charge in [0.2, 0.25) is 5.89 Å². The second-order valence-electron chi connectivity index (χ2n) is 6.21. The van der Waals surface area contributed by atoms with Gasteiger partial charge in [-0.1, -0.05) is 35.4 Å². The topological polar surface area (TPSA) is 61.7 Å². The molecule has 4 rings (SSSR count). The van der Waals surface area contributed by atoms with Crippen LogP contribution in [0.15, 0.2) is 58.4 Å². The van der Waals surface area contributed by atoms with Crippen LogP contribution in [0.25, 0.3) is 5.69 Å². The minimum atomic E-state index is 0.414. The Hall–Kier alpha value is -2.74. The molecular weight excluding hydrogens is 357 g/mol. The number of hydrogen-bond donors (Lipinski definition) is 0. The zero-order valence-corrected chi connectivity index (χ0v) is 16.0. The molecule has 8 heteroatoms. The summed E-state index contributed by atoms with van der Waals surface area (Å²) in [6.07, 6.45) is 4.07. The third kappa shape index (κ3) is 3.71. The molecule has 0 aliphatic rings. The molecule has 0 aliphatic carbocycles. The largest absolute Gasteiger partial charge is 0.414 e. The Balaban J connectivity index is 1.46. The van der Waals surface area contributed by atoms with Gasteiger partial charge in [-0.2, -0.15) is 5.10 Å². The molecule has 3 heterocycles. The molecule has 0 fully saturated rings. The maximum Gasteiger partial charge on any atom is 0.276 e. The maximum atomic E-state index is 5.97. The van der Waals surface area contributed by atoms with Crippen molar-refractivity contribution in [1.82, 2.24) is 24.5 Å². The van der Waals surface area contributed by atoms with Crippen molar-refractivity contribution in [2.75, 3.05) is 0 Å². The first-order valence-corrected chi connectivity index (χ1v) is 9.56. The second kappa shape index (κ2) is 7.48. The lowest BCUT2D eigenvalue weighted by Crippen LogP contribution is -2.10. The molecule has 0 spiro atoms. The fourth-order valence-corrected chi connectivity index (χ4v) is 3.65. The van der Waals surface area contributed by atoms with Crippen LogP contribution in [0.1, 0.15) is 22.8 Å². The average Bonchev–Trinajstić information content (AvgIpc) is 3.40. The summed E-state index contributed by atoms with van der Waals surface area (Å²) < 4.78 is 9.66. The van der Waals surface area contributed by atoms with Crippen molar-refractivity contribution in [1.29, 1.82) is 0 Å². The Bertz CT molecular complexity index is 1050. The van der Waals surface area contributed by atoms with Gasteiger partial charge in [0.05, 0.1) is 5.69 Å². The van der Waals surface area contributed by atoms with Crippen LogP contribution in [0, 0.1) is 13.8 Å². The van der Waals surface area contributed by atoms with Crippen LogP contribution in [0.5, 0.6) is 0 Å². The highest BCUT2D eigenvalue weighted by Gasteiger charge is 2.13. The molecule has 134 valence electrons. The van der Waals surface area contributed by atoms with Crippen LogP contribution >= 0.6 is 11.8 Å². The second-order valence-corrected chi connectivity index (χ2v) is 7.14. The number of para-hydroxylation sites is 1. The van der Waals surface area contributed by atoms with Gasteiger partial charge >= 0.3 is 0 Å². The molecule has 0 atom stereocenters. The van der Waals surface area contributed by atoms with Gasteiger partial charge in [0.1, 0.15) is 14.4 Å². The smallest absolute Gasteiger partial charge is 0.276 e. The third-order valence-electron chi connectivity index (χ3n) is 4.40. The summed E-state index contributed by atoms with van der Waals surface area (Å²) >= 11 is 1.52. The number of aryl methyl sites for hydroxylation is 1. The quantitative estimate of drug-likeness (QED) is 0.383. The Morgan fingerprint density at radius 2 is 1.85 bits per heavy atom. The Morgan fingerprint density at radius 1 is 1.07 bits per heavy atom. The summed E-state index contributed by atoms with van der Waals surface area (Å²) in [5, 5.41) is 13.2. The Labute approximate surface area is 163 Å². The molecular formula is C19H18BN5OS.